The molecule has 2 aliphatic heterocycles. The molecule has 4 rings (SSSR count). The molecule has 492 valence electrons. The highest BCUT2D eigenvalue weighted by Crippen LogP contribution is 2.60. The van der Waals surface area contributed by atoms with Crippen molar-refractivity contribution in [3.8, 4) is 0 Å². The minimum atomic E-state index is -1.16. The zero-order valence-corrected chi connectivity index (χ0v) is 55.3. The van der Waals surface area contributed by atoms with Crippen molar-refractivity contribution in [3.63, 3.8) is 0 Å². The van der Waals surface area contributed by atoms with Crippen LogP contribution in [-0.4, -0.2) is 153 Å². The molecule has 0 radical (unpaired) electrons. The van der Waals surface area contributed by atoms with Crippen LogP contribution in [0.3, 0.4) is 0 Å². The van der Waals surface area contributed by atoms with Crippen LogP contribution in [0, 0.1) is 33.5 Å². The number of carbonyl (C=O) groups is 8. The summed E-state index contributed by atoms with van der Waals surface area (Å²) >= 11 is 0. The predicted molar refractivity (Wildman–Crippen MR) is 335 cm³/mol. The van der Waals surface area contributed by atoms with Crippen LogP contribution in [0.1, 0.15) is 186 Å². The largest absolute Gasteiger partial charge is 0.443 e. The van der Waals surface area contributed by atoms with E-state index in [9.17, 15) is 43.5 Å². The van der Waals surface area contributed by atoms with E-state index in [0.29, 0.717) is 45.4 Å². The number of nitrogens with one attached hydrogen (secondary N) is 8. The second-order valence-electron chi connectivity index (χ2n) is 27.6. The van der Waals surface area contributed by atoms with E-state index in [-0.39, 0.29) is 86.1 Å². The van der Waals surface area contributed by atoms with Crippen LogP contribution in [0.15, 0.2) is 42.0 Å². The van der Waals surface area contributed by atoms with Gasteiger partial charge in [0.15, 0.2) is 0 Å². The molecule has 2 saturated heterocycles. The summed E-state index contributed by atoms with van der Waals surface area (Å²) in [6, 6.07) is 6.90. The van der Waals surface area contributed by atoms with E-state index < -0.39 is 94.4 Å². The zero-order valence-electron chi connectivity index (χ0n) is 55.3. The minimum absolute atomic E-state index is 0.0373. The Bertz CT molecular complexity index is 2480. The van der Waals surface area contributed by atoms with Gasteiger partial charge in [0.1, 0.15) is 35.5 Å². The third kappa shape index (κ3) is 22.4. The average molecular weight is 1220 g/mol. The summed E-state index contributed by atoms with van der Waals surface area (Å²) in [5.41, 5.74) is -1.89. The molecule has 8 amide bonds. The molecule has 0 aromatic heterocycles. The van der Waals surface area contributed by atoms with Crippen LogP contribution in [0.25, 0.3) is 0 Å². The molecule has 1 aromatic rings. The van der Waals surface area contributed by atoms with Gasteiger partial charge in [-0.15, -0.1) is 0 Å². The maximum atomic E-state index is 14.6. The first-order valence-corrected chi connectivity index (χ1v) is 31.9. The van der Waals surface area contributed by atoms with E-state index >= 15 is 0 Å². The molecule has 87 heavy (non-hydrogen) atoms. The normalized spacial score (nSPS) is 23.0. The lowest BCUT2D eigenvalue weighted by atomic mass is 9.56. The molecule has 1 saturated carbocycles. The fraction of sp³-hybridized carbons (Fsp3) is 0.758. The van der Waals surface area contributed by atoms with Crippen molar-refractivity contribution in [3.05, 3.63) is 47.5 Å². The van der Waals surface area contributed by atoms with E-state index in [0.717, 1.165) is 44.1 Å². The third-order valence-corrected chi connectivity index (χ3v) is 18.5. The molecule has 1 spiro atoms. The van der Waals surface area contributed by atoms with Crippen LogP contribution in [0.5, 0.6) is 0 Å². The van der Waals surface area contributed by atoms with Gasteiger partial charge in [-0.2, -0.15) is 0 Å². The Morgan fingerprint density at radius 2 is 1.38 bits per heavy atom. The molecule has 1 aromatic carbocycles. The Morgan fingerprint density at radius 3 is 1.95 bits per heavy atom. The van der Waals surface area contributed by atoms with Gasteiger partial charge >= 0.3 is 6.09 Å². The second kappa shape index (κ2) is 33.3. The van der Waals surface area contributed by atoms with Gasteiger partial charge in [0, 0.05) is 51.5 Å². The van der Waals surface area contributed by atoms with Gasteiger partial charge in [-0.25, -0.2) is 4.79 Å². The van der Waals surface area contributed by atoms with Crippen molar-refractivity contribution < 1.29 is 62.4 Å². The number of hydrogen-bond donors (Lipinski definition) is 9. The number of unbranched alkanes of at least 4 members (excludes halogenated alkanes) is 3. The fourth-order valence-corrected chi connectivity index (χ4v) is 12.3. The first kappa shape index (κ1) is 73.8. The van der Waals surface area contributed by atoms with Crippen LogP contribution < -0.4 is 42.5 Å². The van der Waals surface area contributed by atoms with Crippen molar-refractivity contribution in [2.24, 2.45) is 33.5 Å². The molecule has 21 heteroatoms. The number of alkyl carbamates (subject to hydrolysis) is 1. The quantitative estimate of drug-likeness (QED) is 0.0191. The highest BCUT2D eigenvalue weighted by atomic mass is 16.6. The molecule has 11 atom stereocenters. The number of carbonyl (C=O) groups excluding carboxylic acids is 8. The molecule has 7 unspecified atom stereocenters. The Hall–Kier alpha value is -5.64. The van der Waals surface area contributed by atoms with Crippen LogP contribution in [-0.2, 0) is 58.9 Å². The Kier molecular flexibility index (Phi) is 28.2. The van der Waals surface area contributed by atoms with E-state index in [1.165, 1.54) is 5.57 Å². The first-order valence-electron chi connectivity index (χ1n) is 31.9. The fourth-order valence-electron chi connectivity index (χ4n) is 12.3. The minimum Gasteiger partial charge on any atom is -0.443 e. The summed E-state index contributed by atoms with van der Waals surface area (Å²) in [6.07, 6.45) is 7.45. The second-order valence-corrected chi connectivity index (χ2v) is 27.6. The van der Waals surface area contributed by atoms with Gasteiger partial charge in [-0.3, -0.25) is 33.6 Å². The van der Waals surface area contributed by atoms with Gasteiger partial charge in [0.25, 0.3) is 0 Å². The maximum absolute atomic E-state index is 14.6. The number of allylic oxidation sites excluding steroid dienone is 1. The lowest BCUT2D eigenvalue weighted by Crippen LogP contribution is -2.57. The van der Waals surface area contributed by atoms with E-state index in [2.05, 4.69) is 90.2 Å². The summed E-state index contributed by atoms with van der Waals surface area (Å²) in [6.45, 7) is 28.3. The van der Waals surface area contributed by atoms with Crippen molar-refractivity contribution in [2.75, 3.05) is 53.0 Å². The van der Waals surface area contributed by atoms with Gasteiger partial charge in [0.05, 0.1) is 43.2 Å². The Balaban J connectivity index is 1.20. The number of amides is 8. The molecule has 3 fully saturated rings. The summed E-state index contributed by atoms with van der Waals surface area (Å²) in [4.78, 5) is 109. The number of benzene rings is 1. The summed E-state index contributed by atoms with van der Waals surface area (Å²) in [7, 11) is 1.63. The number of methoxy groups -OCH3 is 1. The molecule has 2 heterocycles. The number of hydrogen-bond acceptors (Lipinski definition) is 13. The van der Waals surface area contributed by atoms with E-state index in [1.807, 2.05) is 78.8 Å². The molecular formula is C66H110N8O13. The summed E-state index contributed by atoms with van der Waals surface area (Å²) < 4.78 is 24.1. The van der Waals surface area contributed by atoms with Gasteiger partial charge in [-0.1, -0.05) is 130 Å². The number of epoxide rings is 2. The highest BCUT2D eigenvalue weighted by Gasteiger charge is 2.72. The van der Waals surface area contributed by atoms with E-state index in [4.69, 9.17) is 18.9 Å². The Morgan fingerprint density at radius 1 is 0.747 bits per heavy atom. The van der Waals surface area contributed by atoms with Crippen LogP contribution >= 0.6 is 0 Å². The number of rotatable bonds is 38. The monoisotopic (exact) mass is 1220 g/mol. The number of ether oxygens (including phenoxy) is 4. The van der Waals surface area contributed by atoms with Crippen LogP contribution in [0.2, 0.25) is 0 Å². The third-order valence-electron chi connectivity index (χ3n) is 18.5. The number of aliphatic hydroxyl groups is 1. The van der Waals surface area contributed by atoms with Gasteiger partial charge in [0.2, 0.25) is 41.4 Å². The van der Waals surface area contributed by atoms with Crippen molar-refractivity contribution in [2.45, 2.75) is 235 Å². The molecule has 0 bridgehead atoms. The van der Waals surface area contributed by atoms with Crippen LogP contribution in [0.4, 0.5) is 4.79 Å². The first-order chi connectivity index (χ1) is 40.8. The molecule has 21 nitrogen and oxygen atoms in total. The number of aliphatic hydroxyl groups excluding tert-OH is 1. The molecule has 3 aliphatic rings. The smallest absolute Gasteiger partial charge is 0.407 e. The lowest BCUT2D eigenvalue weighted by molar-refractivity contribution is -0.147. The van der Waals surface area contributed by atoms with Gasteiger partial charge < -0.3 is 66.6 Å². The molecular weight excluding hydrogens is 1110 g/mol. The predicted octanol–water partition coefficient (Wildman–Crippen LogP) is 6.62. The Labute approximate surface area is 519 Å². The van der Waals surface area contributed by atoms with Crippen molar-refractivity contribution >= 4 is 47.4 Å². The average Bonchev–Trinajstić information content (AvgIpc) is 1.62. The zero-order chi connectivity index (χ0) is 65.0. The summed E-state index contributed by atoms with van der Waals surface area (Å²) in [5.74, 6) is -3.24. The topological polar surface area (TPSA) is 297 Å². The van der Waals surface area contributed by atoms with Crippen molar-refractivity contribution in [1.29, 1.82) is 0 Å². The van der Waals surface area contributed by atoms with E-state index in [1.54, 1.807) is 14.0 Å². The SMILES string of the molecule is CCC(C)(C)CC(C)(CC(C)(C(=O)NCC(=O)N[C@@H](Cc1ccccc1)C(=O)N[C@@H](CC(C)C)C(=O)NCC(=O)NCCCCCCNC(=O)CCNC(=O)OC1CC[C@]2(CO2)C(C2(C)O[C@@H]2CC=C(C)C)C1OC)C(C)(C)CC)C(=O)NCC(C)O. The van der Waals surface area contributed by atoms with Crippen molar-refractivity contribution in [1.82, 2.24) is 42.5 Å². The lowest BCUT2D eigenvalue weighted by Gasteiger charge is -2.48. The highest BCUT2D eigenvalue weighted by molar-refractivity contribution is 5.95. The van der Waals surface area contributed by atoms with Gasteiger partial charge in [-0.05, 0) is 108 Å². The molecule has 9 N–H and O–H groups in total. The summed E-state index contributed by atoms with van der Waals surface area (Å²) in [5, 5.41) is 32.5. The molecule has 1 aliphatic carbocycles. The standard InChI is InChI=1S/C66H110N8O13/c1-16-61(8,9)40-63(12,58(81)71-37-45(7)75)41-64(13,62(10,11)17-2)59(82)72-39-53(78)73-48(36-46-25-21-20-22-26-46)57(80)74-47(35-44(5)6)56(79)70-38-52(77)68-33-24-19-18-23-32-67-51(76)30-34-69-60(83)86-49-29-31-66(42-85-66)55(54(49)84-15)65(14)50(87-65)28-27-43(3)4/h20-22,25-27,44-45,47-50,54-55,75H,16-19,23-24,28-42H2,1-15H3,(H,67,76)(H,68,77)(H,69,83)(H,70,79)(H,71,81)(H,72,82)(H,73,78)(H,74,80)/t45?,47-,48-,49?,50+,54?,55?,63?,64?,65?,66-/m0/s1. The maximum Gasteiger partial charge on any atom is 0.407 e.